The highest BCUT2D eigenvalue weighted by Gasteiger charge is 1.96. The van der Waals surface area contributed by atoms with Crippen LogP contribution < -0.4 is 0 Å². The zero-order chi connectivity index (χ0) is 11.8. The molecule has 0 saturated carbocycles. The predicted octanol–water partition coefficient (Wildman–Crippen LogP) is 4.84. The van der Waals surface area contributed by atoms with Gasteiger partial charge in [-0.2, -0.15) is 0 Å². The summed E-state index contributed by atoms with van der Waals surface area (Å²) in [4.78, 5) is 3.19. The third kappa shape index (κ3) is 3.43. The summed E-state index contributed by atoms with van der Waals surface area (Å²) in [7, 11) is 0. The second-order valence-electron chi connectivity index (χ2n) is 3.00. The summed E-state index contributed by atoms with van der Waals surface area (Å²) in [6, 6.07) is 6.49. The molecule has 2 aromatic rings. The molecule has 1 nitrogen and oxygen atoms in total. The van der Waals surface area contributed by atoms with Crippen molar-refractivity contribution in [1.29, 1.82) is 0 Å². The molecule has 0 amide bonds. The summed E-state index contributed by atoms with van der Waals surface area (Å²) in [5, 5.41) is 1.30. The van der Waals surface area contributed by atoms with Crippen LogP contribution in [0.1, 0.15) is 38.8 Å². The first-order valence-electron chi connectivity index (χ1n) is 5.82. The molecule has 0 radical (unpaired) electrons. The van der Waals surface area contributed by atoms with Gasteiger partial charge in [0.1, 0.15) is 0 Å². The van der Waals surface area contributed by atoms with Crippen molar-refractivity contribution >= 4 is 10.9 Å². The number of nitrogens with one attached hydrogen (secondary N) is 1. The SMILES string of the molecule is CC.CC.Cc1cc2cc[nH]c2cc1C. The number of H-pyrrole nitrogens is 1. The van der Waals surface area contributed by atoms with Gasteiger partial charge < -0.3 is 4.98 Å². The first kappa shape index (κ1) is 13.8. The van der Waals surface area contributed by atoms with E-state index >= 15 is 0 Å². The van der Waals surface area contributed by atoms with E-state index in [4.69, 9.17) is 0 Å². The molecule has 0 bridgehead atoms. The number of aromatic nitrogens is 1. The highest BCUT2D eigenvalue weighted by atomic mass is 14.7. The van der Waals surface area contributed by atoms with E-state index < -0.39 is 0 Å². The van der Waals surface area contributed by atoms with Gasteiger partial charge in [-0.05, 0) is 48.6 Å². The maximum Gasteiger partial charge on any atom is 0.0456 e. The van der Waals surface area contributed by atoms with Crippen LogP contribution in [0.3, 0.4) is 0 Å². The van der Waals surface area contributed by atoms with Crippen molar-refractivity contribution in [3.05, 3.63) is 35.5 Å². The third-order valence-electron chi connectivity index (χ3n) is 2.17. The second kappa shape index (κ2) is 7.10. The monoisotopic (exact) mass is 205 g/mol. The quantitative estimate of drug-likeness (QED) is 0.633. The van der Waals surface area contributed by atoms with Gasteiger partial charge in [0.05, 0.1) is 0 Å². The zero-order valence-electron chi connectivity index (χ0n) is 10.8. The minimum atomic E-state index is 1.23. The van der Waals surface area contributed by atoms with E-state index in [1.807, 2.05) is 33.9 Å². The summed E-state index contributed by atoms with van der Waals surface area (Å²) in [5.74, 6) is 0. The molecular weight excluding hydrogens is 182 g/mol. The molecule has 0 saturated heterocycles. The van der Waals surface area contributed by atoms with Crippen LogP contribution in [-0.4, -0.2) is 4.98 Å². The molecule has 0 atom stereocenters. The summed E-state index contributed by atoms with van der Waals surface area (Å²) >= 11 is 0. The molecule has 0 fully saturated rings. The lowest BCUT2D eigenvalue weighted by Gasteiger charge is -1.98. The number of fused-ring (bicyclic) bond motifs is 1. The Labute approximate surface area is 93.5 Å². The normalized spacial score (nSPS) is 8.67. The molecule has 84 valence electrons. The summed E-state index contributed by atoms with van der Waals surface area (Å²) < 4.78 is 0. The van der Waals surface area contributed by atoms with Crippen LogP contribution in [0.25, 0.3) is 10.9 Å². The molecule has 2 rings (SSSR count). The lowest BCUT2D eigenvalue weighted by Crippen LogP contribution is -1.79. The van der Waals surface area contributed by atoms with Crippen LogP contribution in [0.4, 0.5) is 0 Å². The standard InChI is InChI=1S/C10H11N.2C2H6/c1-7-5-9-3-4-11-10(9)6-8(7)2;2*1-2/h3-6,11H,1-2H3;2*1-2H3. The Morgan fingerprint density at radius 1 is 0.867 bits per heavy atom. The van der Waals surface area contributed by atoms with Crippen LogP contribution in [0.15, 0.2) is 24.4 Å². The minimum absolute atomic E-state index is 1.23. The van der Waals surface area contributed by atoms with Crippen LogP contribution in [0, 0.1) is 13.8 Å². The van der Waals surface area contributed by atoms with Crippen molar-refractivity contribution in [3.63, 3.8) is 0 Å². The molecule has 0 spiro atoms. The van der Waals surface area contributed by atoms with Gasteiger partial charge in [0.15, 0.2) is 0 Å². The first-order chi connectivity index (χ1) is 7.27. The van der Waals surface area contributed by atoms with Crippen LogP contribution >= 0.6 is 0 Å². The Bertz CT molecular complexity index is 349. The highest BCUT2D eigenvalue weighted by molar-refractivity contribution is 5.80. The van der Waals surface area contributed by atoms with E-state index in [1.165, 1.54) is 22.0 Å². The van der Waals surface area contributed by atoms with Gasteiger partial charge in [-0.15, -0.1) is 0 Å². The van der Waals surface area contributed by atoms with Crippen molar-refractivity contribution in [2.24, 2.45) is 0 Å². The molecule has 1 aromatic heterocycles. The Morgan fingerprint density at radius 2 is 1.40 bits per heavy atom. The molecule has 0 unspecified atom stereocenters. The Morgan fingerprint density at radius 3 is 2.00 bits per heavy atom. The van der Waals surface area contributed by atoms with E-state index in [0.717, 1.165) is 0 Å². The molecule has 0 aliphatic rings. The Hall–Kier alpha value is -1.24. The average molecular weight is 205 g/mol. The van der Waals surface area contributed by atoms with Gasteiger partial charge in [0, 0.05) is 11.7 Å². The van der Waals surface area contributed by atoms with Gasteiger partial charge in [0.2, 0.25) is 0 Å². The Balaban J connectivity index is 0.000000442. The van der Waals surface area contributed by atoms with Gasteiger partial charge in [-0.3, -0.25) is 0 Å². The van der Waals surface area contributed by atoms with Crippen LogP contribution in [0.5, 0.6) is 0 Å². The fraction of sp³-hybridized carbons (Fsp3) is 0.429. The van der Waals surface area contributed by atoms with E-state index in [0.29, 0.717) is 0 Å². The van der Waals surface area contributed by atoms with Gasteiger partial charge >= 0.3 is 0 Å². The summed E-state index contributed by atoms with van der Waals surface area (Å²) in [5.41, 5.74) is 3.94. The lowest BCUT2D eigenvalue weighted by molar-refractivity contribution is 1.35. The summed E-state index contributed by atoms with van der Waals surface area (Å²) in [6.45, 7) is 12.3. The fourth-order valence-electron chi connectivity index (χ4n) is 1.32. The van der Waals surface area contributed by atoms with Crippen LogP contribution in [-0.2, 0) is 0 Å². The van der Waals surface area contributed by atoms with Crippen molar-refractivity contribution < 1.29 is 0 Å². The number of aryl methyl sites for hydroxylation is 2. The smallest absolute Gasteiger partial charge is 0.0456 e. The molecule has 1 N–H and O–H groups in total. The van der Waals surface area contributed by atoms with Crippen molar-refractivity contribution in [3.8, 4) is 0 Å². The summed E-state index contributed by atoms with van der Waals surface area (Å²) in [6.07, 6.45) is 1.98. The van der Waals surface area contributed by atoms with Crippen molar-refractivity contribution in [1.82, 2.24) is 4.98 Å². The second-order valence-corrected chi connectivity index (χ2v) is 3.00. The van der Waals surface area contributed by atoms with Gasteiger partial charge in [-0.1, -0.05) is 27.7 Å². The average Bonchev–Trinajstić information content (AvgIpc) is 2.72. The maximum atomic E-state index is 3.19. The topological polar surface area (TPSA) is 15.8 Å². The largest absolute Gasteiger partial charge is 0.361 e. The number of aromatic amines is 1. The maximum absolute atomic E-state index is 3.19. The Kier molecular flexibility index (Phi) is 6.52. The lowest BCUT2D eigenvalue weighted by atomic mass is 10.1. The van der Waals surface area contributed by atoms with Gasteiger partial charge in [0.25, 0.3) is 0 Å². The van der Waals surface area contributed by atoms with Crippen molar-refractivity contribution in [2.45, 2.75) is 41.5 Å². The predicted molar refractivity (Wildman–Crippen MR) is 70.5 cm³/mol. The zero-order valence-corrected chi connectivity index (χ0v) is 10.8. The van der Waals surface area contributed by atoms with Gasteiger partial charge in [-0.25, -0.2) is 0 Å². The highest BCUT2D eigenvalue weighted by Crippen LogP contribution is 2.17. The number of rotatable bonds is 0. The van der Waals surface area contributed by atoms with E-state index in [1.54, 1.807) is 0 Å². The first-order valence-corrected chi connectivity index (χ1v) is 5.82. The third-order valence-corrected chi connectivity index (χ3v) is 2.17. The minimum Gasteiger partial charge on any atom is -0.361 e. The van der Waals surface area contributed by atoms with E-state index in [-0.39, 0.29) is 0 Å². The molecule has 0 aliphatic carbocycles. The molecule has 15 heavy (non-hydrogen) atoms. The number of benzene rings is 1. The molecule has 1 aromatic carbocycles. The van der Waals surface area contributed by atoms with E-state index in [2.05, 4.69) is 37.0 Å². The molecule has 0 aliphatic heterocycles. The van der Waals surface area contributed by atoms with Crippen molar-refractivity contribution in [2.75, 3.05) is 0 Å². The number of hydrogen-bond acceptors (Lipinski definition) is 0. The van der Waals surface area contributed by atoms with Crippen LogP contribution in [0.2, 0.25) is 0 Å². The van der Waals surface area contributed by atoms with E-state index in [9.17, 15) is 0 Å². The molecular formula is C14H23N. The fourth-order valence-corrected chi connectivity index (χ4v) is 1.32. The number of hydrogen-bond donors (Lipinski definition) is 1. The molecule has 1 heteroatoms. The molecule has 1 heterocycles.